The minimum absolute atomic E-state index is 0.00325. The molecule has 10 nitrogen and oxygen atoms in total. The van der Waals surface area contributed by atoms with Gasteiger partial charge in [0.05, 0.1) is 37.6 Å². The van der Waals surface area contributed by atoms with Gasteiger partial charge in [0.1, 0.15) is 16.9 Å². The predicted octanol–water partition coefficient (Wildman–Crippen LogP) is 2.97. The number of nitrogens with two attached hydrogens (primary N) is 1. The van der Waals surface area contributed by atoms with Gasteiger partial charge in [-0.05, 0) is 48.7 Å². The summed E-state index contributed by atoms with van der Waals surface area (Å²) in [5, 5.41) is 7.48. The fourth-order valence-corrected chi connectivity index (χ4v) is 4.15. The van der Waals surface area contributed by atoms with E-state index in [0.29, 0.717) is 46.8 Å². The van der Waals surface area contributed by atoms with Crippen LogP contribution >= 0.6 is 0 Å². The standard InChI is InChI=1S/C25H26N6O4/c1-33-19-10-9-15(12-20(19)34-2)13-28-31-23(26)21(25(32)27-14-16-6-5-11-35-16)22-24(31)30-18-8-4-3-7-17(18)29-22/h3-4,7-10,12-13,16H,5-6,11,14,26H2,1-2H3,(H,27,32). The Kier molecular flexibility index (Phi) is 6.19. The Morgan fingerprint density at radius 2 is 1.97 bits per heavy atom. The highest BCUT2D eigenvalue weighted by Crippen LogP contribution is 2.29. The molecule has 10 heteroatoms. The summed E-state index contributed by atoms with van der Waals surface area (Å²) in [6.45, 7) is 1.12. The van der Waals surface area contributed by atoms with Crippen LogP contribution in [0.25, 0.3) is 22.2 Å². The second-order valence-electron chi connectivity index (χ2n) is 8.16. The Labute approximate surface area is 201 Å². The number of nitrogen functional groups attached to an aromatic ring is 1. The fraction of sp³-hybridized carbons (Fsp3) is 0.280. The van der Waals surface area contributed by atoms with Crippen LogP contribution in [0.3, 0.4) is 0 Å². The van der Waals surface area contributed by atoms with E-state index in [2.05, 4.69) is 10.4 Å². The Morgan fingerprint density at radius 3 is 2.69 bits per heavy atom. The molecule has 180 valence electrons. The van der Waals surface area contributed by atoms with Crippen molar-refractivity contribution in [1.82, 2.24) is 20.0 Å². The average Bonchev–Trinajstić information content (AvgIpc) is 3.50. The topological polar surface area (TPSA) is 126 Å². The van der Waals surface area contributed by atoms with Crippen molar-refractivity contribution >= 4 is 40.1 Å². The maximum absolute atomic E-state index is 13.2. The van der Waals surface area contributed by atoms with Crippen LogP contribution in [0.1, 0.15) is 28.8 Å². The summed E-state index contributed by atoms with van der Waals surface area (Å²) in [7, 11) is 3.14. The normalized spacial score (nSPS) is 15.8. The molecule has 2 aromatic carbocycles. The van der Waals surface area contributed by atoms with E-state index >= 15 is 0 Å². The van der Waals surface area contributed by atoms with Crippen molar-refractivity contribution in [1.29, 1.82) is 0 Å². The van der Waals surface area contributed by atoms with Gasteiger partial charge in [-0.15, -0.1) is 0 Å². The van der Waals surface area contributed by atoms with Crippen LogP contribution in [0, 0.1) is 0 Å². The molecule has 1 aliphatic rings. The molecule has 1 fully saturated rings. The third-order valence-corrected chi connectivity index (χ3v) is 5.95. The van der Waals surface area contributed by atoms with E-state index in [0.717, 1.165) is 18.4 Å². The first-order valence-electron chi connectivity index (χ1n) is 11.3. The zero-order valence-corrected chi connectivity index (χ0v) is 19.5. The van der Waals surface area contributed by atoms with E-state index in [9.17, 15) is 4.79 Å². The van der Waals surface area contributed by atoms with Crippen molar-refractivity contribution in [3.8, 4) is 11.5 Å². The van der Waals surface area contributed by atoms with Gasteiger partial charge in [-0.2, -0.15) is 9.78 Å². The van der Waals surface area contributed by atoms with Crippen LogP contribution in [0.2, 0.25) is 0 Å². The molecule has 0 aliphatic carbocycles. The average molecular weight is 475 g/mol. The maximum atomic E-state index is 13.2. The van der Waals surface area contributed by atoms with Gasteiger partial charge >= 0.3 is 0 Å². The number of nitrogens with zero attached hydrogens (tertiary/aromatic N) is 4. The van der Waals surface area contributed by atoms with Gasteiger partial charge in [0, 0.05) is 13.2 Å². The van der Waals surface area contributed by atoms with Crippen molar-refractivity contribution in [2.45, 2.75) is 18.9 Å². The molecular formula is C25H26N6O4. The van der Waals surface area contributed by atoms with Gasteiger partial charge in [-0.3, -0.25) is 4.79 Å². The van der Waals surface area contributed by atoms with E-state index in [-0.39, 0.29) is 23.4 Å². The van der Waals surface area contributed by atoms with Crippen molar-refractivity contribution < 1.29 is 19.0 Å². The molecule has 1 saturated heterocycles. The van der Waals surface area contributed by atoms with Gasteiger partial charge in [-0.25, -0.2) is 9.97 Å². The summed E-state index contributed by atoms with van der Waals surface area (Å²) in [6.07, 6.45) is 3.52. The third-order valence-electron chi connectivity index (χ3n) is 5.95. The second kappa shape index (κ2) is 9.59. The molecule has 35 heavy (non-hydrogen) atoms. The van der Waals surface area contributed by atoms with E-state index in [1.165, 1.54) is 4.68 Å². The highest BCUT2D eigenvalue weighted by Gasteiger charge is 2.25. The lowest BCUT2D eigenvalue weighted by Crippen LogP contribution is -2.32. The van der Waals surface area contributed by atoms with Gasteiger partial charge in [0.2, 0.25) is 0 Å². The first-order valence-corrected chi connectivity index (χ1v) is 11.3. The van der Waals surface area contributed by atoms with Crippen molar-refractivity contribution in [2.24, 2.45) is 5.10 Å². The van der Waals surface area contributed by atoms with E-state index in [1.54, 1.807) is 32.6 Å². The number of fused-ring (bicyclic) bond motifs is 2. The molecule has 1 amide bonds. The number of para-hydroxylation sites is 2. The smallest absolute Gasteiger partial charge is 0.257 e. The molecule has 0 radical (unpaired) electrons. The summed E-state index contributed by atoms with van der Waals surface area (Å²) < 4.78 is 17.7. The van der Waals surface area contributed by atoms with Crippen molar-refractivity contribution in [3.63, 3.8) is 0 Å². The Hall–Kier alpha value is -4.18. The number of aromatic nitrogens is 3. The number of rotatable bonds is 7. The number of hydrogen-bond acceptors (Lipinski definition) is 8. The molecular weight excluding hydrogens is 448 g/mol. The zero-order valence-electron chi connectivity index (χ0n) is 19.5. The second-order valence-corrected chi connectivity index (χ2v) is 8.16. The highest BCUT2D eigenvalue weighted by molar-refractivity contribution is 6.10. The first kappa shape index (κ1) is 22.6. The molecule has 1 atom stereocenters. The Balaban J connectivity index is 1.57. The maximum Gasteiger partial charge on any atom is 0.257 e. The first-order chi connectivity index (χ1) is 17.1. The lowest BCUT2D eigenvalue weighted by atomic mass is 10.2. The molecule has 0 spiro atoms. The van der Waals surface area contributed by atoms with Crippen LogP contribution < -0.4 is 20.5 Å². The van der Waals surface area contributed by atoms with E-state index in [4.69, 9.17) is 29.9 Å². The quantitative estimate of drug-likeness (QED) is 0.394. The monoisotopic (exact) mass is 474 g/mol. The van der Waals surface area contributed by atoms with Crippen LogP contribution in [-0.2, 0) is 4.74 Å². The summed E-state index contributed by atoms with van der Waals surface area (Å²) in [4.78, 5) is 22.6. The van der Waals surface area contributed by atoms with Gasteiger partial charge in [0.25, 0.3) is 5.91 Å². The molecule has 2 aromatic heterocycles. The molecule has 0 bridgehead atoms. The largest absolute Gasteiger partial charge is 0.493 e. The SMILES string of the molecule is COc1ccc(C=Nn2c(N)c(C(=O)NCC3CCCO3)c3nc4ccccc4nc32)cc1OC. The third kappa shape index (κ3) is 4.35. The number of ether oxygens (including phenoxy) is 3. The minimum Gasteiger partial charge on any atom is -0.493 e. The van der Waals surface area contributed by atoms with Gasteiger partial charge in [0.15, 0.2) is 17.1 Å². The van der Waals surface area contributed by atoms with Crippen LogP contribution in [0.5, 0.6) is 11.5 Å². The fourth-order valence-electron chi connectivity index (χ4n) is 4.15. The van der Waals surface area contributed by atoms with E-state index < -0.39 is 0 Å². The summed E-state index contributed by atoms with van der Waals surface area (Å²) in [6, 6.07) is 12.9. The van der Waals surface area contributed by atoms with Gasteiger partial charge in [-0.1, -0.05) is 12.1 Å². The number of carbonyl (C=O) groups excluding carboxylic acids is 1. The van der Waals surface area contributed by atoms with E-state index in [1.807, 2.05) is 30.3 Å². The highest BCUT2D eigenvalue weighted by atomic mass is 16.5. The van der Waals surface area contributed by atoms with Crippen molar-refractivity contribution in [2.75, 3.05) is 33.1 Å². The summed E-state index contributed by atoms with van der Waals surface area (Å²) in [5.41, 5.74) is 9.56. The molecule has 0 saturated carbocycles. The number of benzene rings is 2. The van der Waals surface area contributed by atoms with Crippen LogP contribution in [-0.4, -0.2) is 60.2 Å². The lowest BCUT2D eigenvalue weighted by Gasteiger charge is -2.10. The Bertz CT molecular complexity index is 1420. The lowest BCUT2D eigenvalue weighted by molar-refractivity contribution is 0.0859. The number of hydrogen-bond donors (Lipinski definition) is 2. The van der Waals surface area contributed by atoms with Crippen LogP contribution in [0.15, 0.2) is 47.6 Å². The van der Waals surface area contributed by atoms with Crippen LogP contribution in [0.4, 0.5) is 5.82 Å². The Morgan fingerprint density at radius 1 is 1.20 bits per heavy atom. The number of carbonyl (C=O) groups is 1. The molecule has 3 heterocycles. The number of anilines is 1. The predicted molar refractivity (Wildman–Crippen MR) is 133 cm³/mol. The molecule has 1 unspecified atom stereocenters. The van der Waals surface area contributed by atoms with Gasteiger partial charge < -0.3 is 25.3 Å². The molecule has 5 rings (SSSR count). The zero-order chi connectivity index (χ0) is 24.4. The molecule has 4 aromatic rings. The summed E-state index contributed by atoms with van der Waals surface area (Å²) >= 11 is 0. The van der Waals surface area contributed by atoms with Crippen molar-refractivity contribution in [3.05, 3.63) is 53.6 Å². The number of amides is 1. The minimum atomic E-state index is -0.340. The number of methoxy groups -OCH3 is 2. The molecule has 3 N–H and O–H groups in total. The number of nitrogens with one attached hydrogen (secondary N) is 1. The summed E-state index contributed by atoms with van der Waals surface area (Å²) in [5.74, 6) is 0.990. The molecule has 1 aliphatic heterocycles.